The first-order valence-corrected chi connectivity index (χ1v) is 8.62. The Morgan fingerprint density at radius 1 is 1.14 bits per heavy atom. The third-order valence-electron chi connectivity index (χ3n) is 4.12. The lowest BCUT2D eigenvalue weighted by atomic mass is 9.95. The Bertz CT molecular complexity index is 448. The van der Waals surface area contributed by atoms with Gasteiger partial charge in [-0.15, -0.1) is 0 Å². The Balaban J connectivity index is 1.96. The topological polar surface area (TPSA) is 58.1 Å². The quantitative estimate of drug-likeness (QED) is 0.840. The lowest BCUT2D eigenvalue weighted by molar-refractivity contribution is 0.0922. The highest BCUT2D eigenvalue weighted by molar-refractivity contribution is 5.92. The zero-order valence-corrected chi connectivity index (χ0v) is 13.8. The highest BCUT2D eigenvalue weighted by Gasteiger charge is 2.18. The van der Waals surface area contributed by atoms with Crippen molar-refractivity contribution in [2.24, 2.45) is 0 Å². The molecule has 1 N–H and O–H groups in total. The molecular formula is C17H28N4O. The van der Waals surface area contributed by atoms with Crippen molar-refractivity contribution in [1.82, 2.24) is 15.3 Å². The van der Waals surface area contributed by atoms with Gasteiger partial charge in [-0.25, -0.2) is 9.97 Å². The van der Waals surface area contributed by atoms with Crippen molar-refractivity contribution in [3.63, 3.8) is 0 Å². The van der Waals surface area contributed by atoms with E-state index in [0.717, 1.165) is 44.6 Å². The van der Waals surface area contributed by atoms with E-state index in [2.05, 4.69) is 34.0 Å². The van der Waals surface area contributed by atoms with Gasteiger partial charge in [0.25, 0.3) is 5.91 Å². The van der Waals surface area contributed by atoms with Crippen LogP contribution in [0.5, 0.6) is 0 Å². The van der Waals surface area contributed by atoms with Crippen LogP contribution in [0.15, 0.2) is 12.4 Å². The van der Waals surface area contributed by atoms with Crippen molar-refractivity contribution in [2.45, 2.75) is 64.8 Å². The van der Waals surface area contributed by atoms with E-state index in [4.69, 9.17) is 0 Å². The van der Waals surface area contributed by atoms with Gasteiger partial charge in [0.05, 0.1) is 12.4 Å². The summed E-state index contributed by atoms with van der Waals surface area (Å²) in [5.74, 6) is 0.765. The minimum Gasteiger partial charge on any atom is -0.355 e. The predicted octanol–water partition coefficient (Wildman–Crippen LogP) is 3.17. The summed E-state index contributed by atoms with van der Waals surface area (Å²) in [5, 5.41) is 3.08. The van der Waals surface area contributed by atoms with Crippen molar-refractivity contribution in [3.05, 3.63) is 18.1 Å². The molecule has 1 aromatic heterocycles. The van der Waals surface area contributed by atoms with Gasteiger partial charge in [0.15, 0.2) is 0 Å². The normalized spacial score (nSPS) is 15.5. The van der Waals surface area contributed by atoms with Crippen LogP contribution in [0.1, 0.15) is 69.3 Å². The van der Waals surface area contributed by atoms with Gasteiger partial charge in [-0.3, -0.25) is 4.79 Å². The van der Waals surface area contributed by atoms with Gasteiger partial charge in [-0.1, -0.05) is 33.1 Å². The molecule has 0 atom stereocenters. The van der Waals surface area contributed by atoms with Gasteiger partial charge in [-0.05, 0) is 25.7 Å². The van der Waals surface area contributed by atoms with Crippen LogP contribution >= 0.6 is 0 Å². The molecule has 1 saturated carbocycles. The van der Waals surface area contributed by atoms with Crippen LogP contribution in [0.4, 0.5) is 5.82 Å². The number of nitrogens with one attached hydrogen (secondary N) is 1. The van der Waals surface area contributed by atoms with Crippen molar-refractivity contribution in [2.75, 3.05) is 18.0 Å². The molecule has 0 spiro atoms. The maximum atomic E-state index is 12.2. The Morgan fingerprint density at radius 3 is 2.36 bits per heavy atom. The molecule has 5 nitrogen and oxygen atoms in total. The molecule has 0 radical (unpaired) electrons. The number of hydrogen-bond donors (Lipinski definition) is 1. The van der Waals surface area contributed by atoms with Crippen LogP contribution in [0.3, 0.4) is 0 Å². The molecule has 2 rings (SSSR count). The van der Waals surface area contributed by atoms with Gasteiger partial charge in [-0.2, -0.15) is 0 Å². The Kier molecular flexibility index (Phi) is 6.62. The summed E-state index contributed by atoms with van der Waals surface area (Å²) in [4.78, 5) is 23.2. The van der Waals surface area contributed by atoms with Crippen molar-refractivity contribution >= 4 is 11.7 Å². The summed E-state index contributed by atoms with van der Waals surface area (Å²) >= 11 is 0. The Morgan fingerprint density at radius 2 is 1.82 bits per heavy atom. The number of carbonyl (C=O) groups excluding carboxylic acids is 1. The summed E-state index contributed by atoms with van der Waals surface area (Å²) in [7, 11) is 0. The summed E-state index contributed by atoms with van der Waals surface area (Å²) in [6.45, 7) is 6.25. The van der Waals surface area contributed by atoms with E-state index >= 15 is 0 Å². The van der Waals surface area contributed by atoms with Gasteiger partial charge < -0.3 is 10.2 Å². The molecule has 1 aromatic rings. The minimum absolute atomic E-state index is 0.0940. The van der Waals surface area contributed by atoms with Crippen molar-refractivity contribution in [1.29, 1.82) is 0 Å². The molecule has 1 heterocycles. The van der Waals surface area contributed by atoms with Gasteiger partial charge in [0, 0.05) is 19.1 Å². The molecule has 1 amide bonds. The van der Waals surface area contributed by atoms with E-state index in [1.54, 1.807) is 12.4 Å². The monoisotopic (exact) mass is 304 g/mol. The van der Waals surface area contributed by atoms with E-state index < -0.39 is 0 Å². The van der Waals surface area contributed by atoms with E-state index in [-0.39, 0.29) is 5.91 Å². The SMILES string of the molecule is CCCN(CCC)c1cnc(C(=O)NC2CCCCC2)cn1. The molecule has 0 unspecified atom stereocenters. The molecule has 122 valence electrons. The largest absolute Gasteiger partial charge is 0.355 e. The van der Waals surface area contributed by atoms with Crippen LogP contribution in [0.25, 0.3) is 0 Å². The van der Waals surface area contributed by atoms with Gasteiger partial charge in [0.1, 0.15) is 11.5 Å². The fourth-order valence-corrected chi connectivity index (χ4v) is 2.99. The minimum atomic E-state index is -0.0940. The number of amides is 1. The fourth-order valence-electron chi connectivity index (χ4n) is 2.99. The number of nitrogens with zero attached hydrogens (tertiary/aromatic N) is 3. The maximum Gasteiger partial charge on any atom is 0.271 e. The maximum absolute atomic E-state index is 12.2. The molecule has 0 aliphatic heterocycles. The summed E-state index contributed by atoms with van der Waals surface area (Å²) in [5.41, 5.74) is 0.419. The van der Waals surface area contributed by atoms with Crippen LogP contribution in [-0.4, -0.2) is 35.0 Å². The van der Waals surface area contributed by atoms with Crippen LogP contribution < -0.4 is 10.2 Å². The summed E-state index contributed by atoms with van der Waals surface area (Å²) in [6.07, 6.45) is 11.3. The fraction of sp³-hybridized carbons (Fsp3) is 0.706. The molecule has 1 aliphatic rings. The van der Waals surface area contributed by atoms with E-state index in [9.17, 15) is 4.79 Å². The number of hydrogen-bond acceptors (Lipinski definition) is 4. The molecule has 0 saturated heterocycles. The first-order valence-electron chi connectivity index (χ1n) is 8.62. The second-order valence-corrected chi connectivity index (χ2v) is 6.06. The third-order valence-corrected chi connectivity index (χ3v) is 4.12. The second kappa shape index (κ2) is 8.71. The second-order valence-electron chi connectivity index (χ2n) is 6.06. The first-order chi connectivity index (χ1) is 10.7. The molecule has 1 fully saturated rings. The lowest BCUT2D eigenvalue weighted by Crippen LogP contribution is -2.36. The highest BCUT2D eigenvalue weighted by Crippen LogP contribution is 2.18. The predicted molar refractivity (Wildman–Crippen MR) is 89.2 cm³/mol. The van der Waals surface area contributed by atoms with Crippen molar-refractivity contribution in [3.8, 4) is 0 Å². The Hall–Kier alpha value is -1.65. The van der Waals surface area contributed by atoms with Crippen LogP contribution in [0, 0.1) is 0 Å². The number of anilines is 1. The van der Waals surface area contributed by atoms with Gasteiger partial charge >= 0.3 is 0 Å². The third kappa shape index (κ3) is 4.68. The highest BCUT2D eigenvalue weighted by atomic mass is 16.1. The summed E-state index contributed by atoms with van der Waals surface area (Å²) in [6, 6.07) is 0.305. The molecule has 1 aliphatic carbocycles. The molecule has 0 aromatic carbocycles. The van der Waals surface area contributed by atoms with E-state index in [0.29, 0.717) is 11.7 Å². The number of aromatic nitrogens is 2. The van der Waals surface area contributed by atoms with Gasteiger partial charge in [0.2, 0.25) is 0 Å². The molecular weight excluding hydrogens is 276 g/mol. The molecule has 5 heteroatoms. The smallest absolute Gasteiger partial charge is 0.271 e. The number of rotatable bonds is 7. The standard InChI is InChI=1S/C17H28N4O/c1-3-10-21(11-4-2)16-13-18-15(12-19-16)17(22)20-14-8-6-5-7-9-14/h12-14H,3-11H2,1-2H3,(H,20,22). The zero-order valence-electron chi connectivity index (χ0n) is 13.8. The average molecular weight is 304 g/mol. The van der Waals surface area contributed by atoms with Crippen LogP contribution in [0.2, 0.25) is 0 Å². The van der Waals surface area contributed by atoms with E-state index in [1.165, 1.54) is 19.3 Å². The van der Waals surface area contributed by atoms with Crippen molar-refractivity contribution < 1.29 is 4.79 Å². The number of carbonyl (C=O) groups is 1. The molecule has 0 bridgehead atoms. The zero-order chi connectivity index (χ0) is 15.8. The molecule has 22 heavy (non-hydrogen) atoms. The Labute approximate surface area is 133 Å². The average Bonchev–Trinajstić information content (AvgIpc) is 2.56. The first kappa shape index (κ1) is 16.7. The summed E-state index contributed by atoms with van der Waals surface area (Å²) < 4.78 is 0. The van der Waals surface area contributed by atoms with Crippen LogP contribution in [-0.2, 0) is 0 Å². The lowest BCUT2D eigenvalue weighted by Gasteiger charge is -2.23. The van der Waals surface area contributed by atoms with E-state index in [1.807, 2.05) is 0 Å².